The van der Waals surface area contributed by atoms with Crippen LogP contribution in [0.2, 0.25) is 0 Å². The standard InChI is InChI=1S/C21H26N11O10P/c22-13-8-14(28-20(23)27-13)31(4-25-8)17-10(33)6-1-2-38-19-11(34)12(42-43(36,37)39-3-7(6)40-17)18(41-19)32-5-26-9-15(32)29-21(24)30-16(9)35/h4-7,10-12,17-19,33-34H,1-3H2,(H,36,37)(H4,22,23,27,28)(H3,24,29,30,35)/t6-,7-,10-,11+,12-,17-,18-,19?/m1/s1. The van der Waals surface area contributed by atoms with E-state index in [1.807, 2.05) is 0 Å². The Labute approximate surface area is 239 Å². The first kappa shape index (κ1) is 28.0. The van der Waals surface area contributed by atoms with Crippen LogP contribution in [0.3, 0.4) is 0 Å². The van der Waals surface area contributed by atoms with Gasteiger partial charge in [0, 0.05) is 5.92 Å². The number of aliphatic hydroxyl groups is 2. The van der Waals surface area contributed by atoms with Crippen LogP contribution in [0.25, 0.3) is 22.3 Å². The summed E-state index contributed by atoms with van der Waals surface area (Å²) in [6.07, 6.45) is -6.30. The molecular formula is C21H26N11O10P. The third kappa shape index (κ3) is 4.70. The minimum absolute atomic E-state index is 0.0244. The highest BCUT2D eigenvalue weighted by Crippen LogP contribution is 2.51. The highest BCUT2D eigenvalue weighted by Gasteiger charge is 2.52. The lowest BCUT2D eigenvalue weighted by molar-refractivity contribution is -0.178. The summed E-state index contributed by atoms with van der Waals surface area (Å²) < 4.78 is 44.2. The van der Waals surface area contributed by atoms with Crippen LogP contribution in [0.4, 0.5) is 17.7 Å². The number of fused-ring (bicyclic) bond motifs is 5. The SMILES string of the molecule is Nc1nc(N)c2ncn([C@@H]3O[C@@H]4COP(=O)(O)O[C@@H]5[C@H](O)C(OCC[C@H]4[C@H]3O)O[C@H]5n3cnc4c(=O)[nH]c(N)nc43)c2n1. The van der Waals surface area contributed by atoms with Crippen molar-refractivity contribution in [2.24, 2.45) is 5.92 Å². The largest absolute Gasteiger partial charge is 0.472 e. The van der Waals surface area contributed by atoms with E-state index in [-0.39, 0.29) is 53.1 Å². The maximum absolute atomic E-state index is 13.1. The number of phosphoric ester groups is 1. The number of rotatable bonds is 2. The van der Waals surface area contributed by atoms with Crippen molar-refractivity contribution >= 4 is 47.9 Å². The predicted molar refractivity (Wildman–Crippen MR) is 141 cm³/mol. The van der Waals surface area contributed by atoms with Gasteiger partial charge in [0.05, 0.1) is 32.0 Å². The average Bonchev–Trinajstić information content (AvgIpc) is 3.69. The summed E-state index contributed by atoms with van der Waals surface area (Å²) in [6, 6.07) is 0. The molecule has 3 aliphatic heterocycles. The quantitative estimate of drug-likeness (QED) is 0.116. The van der Waals surface area contributed by atoms with Crippen molar-refractivity contribution < 1.29 is 42.9 Å². The molecule has 3 fully saturated rings. The number of nitrogens with two attached hydrogens (primary N) is 3. The number of nitrogens with one attached hydrogen (secondary N) is 1. The number of nitrogens with zero attached hydrogens (tertiary/aromatic N) is 7. The predicted octanol–water partition coefficient (Wildman–Crippen LogP) is -2.28. The molecule has 4 aromatic rings. The molecule has 230 valence electrons. The summed E-state index contributed by atoms with van der Waals surface area (Å²) in [5, 5.41) is 22.3. The Bertz CT molecular complexity index is 1810. The van der Waals surface area contributed by atoms with Gasteiger partial charge in [-0.25, -0.2) is 14.5 Å². The van der Waals surface area contributed by atoms with Gasteiger partial charge in [0.25, 0.3) is 5.56 Å². The molecule has 7 rings (SSSR count). The summed E-state index contributed by atoms with van der Waals surface area (Å²) in [5.74, 6) is -0.976. The molecule has 7 heterocycles. The zero-order chi connectivity index (χ0) is 30.2. The third-order valence-electron chi connectivity index (χ3n) is 7.55. The summed E-state index contributed by atoms with van der Waals surface area (Å²) in [6.45, 7) is -0.536. The van der Waals surface area contributed by atoms with Crippen molar-refractivity contribution in [3.8, 4) is 0 Å². The van der Waals surface area contributed by atoms with Crippen LogP contribution in [0, 0.1) is 5.92 Å². The molecule has 0 saturated carbocycles. The van der Waals surface area contributed by atoms with Gasteiger partial charge in [0.15, 0.2) is 41.4 Å². The number of hydrogen-bond acceptors (Lipinski definition) is 17. The van der Waals surface area contributed by atoms with Gasteiger partial charge in [0.1, 0.15) is 23.8 Å². The summed E-state index contributed by atoms with van der Waals surface area (Å²) in [5.41, 5.74) is 17.0. The topological polar surface area (TPSA) is 309 Å². The van der Waals surface area contributed by atoms with Crippen LogP contribution in [-0.4, -0.2) is 98.1 Å². The first-order valence-corrected chi connectivity index (χ1v) is 14.4. The second-order valence-electron chi connectivity index (χ2n) is 10.2. The lowest BCUT2D eigenvalue weighted by Gasteiger charge is -2.26. The third-order valence-corrected chi connectivity index (χ3v) is 8.53. The average molecular weight is 623 g/mol. The van der Waals surface area contributed by atoms with Crippen LogP contribution in [0.5, 0.6) is 0 Å². The fourth-order valence-electron chi connectivity index (χ4n) is 5.58. The van der Waals surface area contributed by atoms with Gasteiger partial charge in [0.2, 0.25) is 11.9 Å². The Morgan fingerprint density at radius 3 is 2.49 bits per heavy atom. The van der Waals surface area contributed by atoms with E-state index < -0.39 is 69.1 Å². The van der Waals surface area contributed by atoms with E-state index in [1.165, 1.54) is 21.8 Å². The van der Waals surface area contributed by atoms with Gasteiger partial charge >= 0.3 is 7.82 Å². The summed E-state index contributed by atoms with van der Waals surface area (Å²) in [7, 11) is -4.92. The molecule has 0 aliphatic carbocycles. The van der Waals surface area contributed by atoms with Crippen LogP contribution in [0.15, 0.2) is 17.4 Å². The molecule has 0 amide bonds. The number of H-pyrrole nitrogens is 1. The van der Waals surface area contributed by atoms with Gasteiger partial charge in [-0.2, -0.15) is 15.0 Å². The first-order valence-electron chi connectivity index (χ1n) is 12.9. The van der Waals surface area contributed by atoms with Gasteiger partial charge < -0.3 is 46.5 Å². The Kier molecular flexibility index (Phi) is 6.61. The Morgan fingerprint density at radius 1 is 0.977 bits per heavy atom. The van der Waals surface area contributed by atoms with Crippen molar-refractivity contribution in [1.29, 1.82) is 0 Å². The number of nitrogen functional groups attached to an aromatic ring is 3. The van der Waals surface area contributed by atoms with Crippen LogP contribution in [-0.2, 0) is 27.8 Å². The summed E-state index contributed by atoms with van der Waals surface area (Å²) >= 11 is 0. The molecule has 10 N–H and O–H groups in total. The molecule has 4 aromatic heterocycles. The second kappa shape index (κ2) is 10.1. The molecule has 9 atom stereocenters. The number of hydrogen-bond donors (Lipinski definition) is 7. The Balaban J connectivity index is 1.17. The van der Waals surface area contributed by atoms with Crippen molar-refractivity contribution in [3.05, 3.63) is 23.0 Å². The number of aromatic amines is 1. The molecule has 0 radical (unpaired) electrons. The number of imidazole rings is 2. The zero-order valence-electron chi connectivity index (χ0n) is 21.9. The number of aromatic nitrogens is 8. The molecule has 21 nitrogen and oxygen atoms in total. The number of aliphatic hydroxyl groups excluding tert-OH is 2. The van der Waals surface area contributed by atoms with Crippen molar-refractivity contribution in [3.63, 3.8) is 0 Å². The number of phosphoric acid groups is 1. The van der Waals surface area contributed by atoms with E-state index in [0.29, 0.717) is 0 Å². The van der Waals surface area contributed by atoms with Gasteiger partial charge in [-0.05, 0) is 6.42 Å². The van der Waals surface area contributed by atoms with Crippen LogP contribution >= 0.6 is 7.82 Å². The van der Waals surface area contributed by atoms with E-state index in [1.54, 1.807) is 0 Å². The Morgan fingerprint density at radius 2 is 1.70 bits per heavy atom. The first-order chi connectivity index (χ1) is 20.5. The highest BCUT2D eigenvalue weighted by atomic mass is 31.2. The molecule has 43 heavy (non-hydrogen) atoms. The summed E-state index contributed by atoms with van der Waals surface area (Å²) in [4.78, 5) is 45.5. The fraction of sp³-hybridized carbons (Fsp3) is 0.524. The molecule has 0 spiro atoms. The van der Waals surface area contributed by atoms with Gasteiger partial charge in [-0.3, -0.25) is 28.0 Å². The number of anilines is 3. The minimum atomic E-state index is -4.92. The normalized spacial score (nSPS) is 35.1. The maximum atomic E-state index is 13.1. The monoisotopic (exact) mass is 623 g/mol. The molecule has 3 aliphatic rings. The van der Waals surface area contributed by atoms with Crippen LogP contribution < -0.4 is 22.8 Å². The molecular weight excluding hydrogens is 597 g/mol. The second-order valence-corrected chi connectivity index (χ2v) is 11.6. The van der Waals surface area contributed by atoms with Crippen molar-refractivity contribution in [1.82, 2.24) is 39.0 Å². The van der Waals surface area contributed by atoms with Gasteiger partial charge in [-0.15, -0.1) is 0 Å². The molecule has 22 heteroatoms. The van der Waals surface area contributed by atoms with E-state index in [0.717, 1.165) is 0 Å². The van der Waals surface area contributed by atoms with E-state index in [4.69, 9.17) is 40.5 Å². The smallest absolute Gasteiger partial charge is 0.388 e. The number of ether oxygens (including phenoxy) is 3. The van der Waals surface area contributed by atoms with Crippen LogP contribution in [0.1, 0.15) is 18.9 Å². The van der Waals surface area contributed by atoms with Crippen molar-refractivity contribution in [2.75, 3.05) is 30.4 Å². The lowest BCUT2D eigenvalue weighted by Crippen LogP contribution is -2.37. The maximum Gasteiger partial charge on any atom is 0.472 e. The lowest BCUT2D eigenvalue weighted by atomic mass is 9.95. The minimum Gasteiger partial charge on any atom is -0.388 e. The zero-order valence-corrected chi connectivity index (χ0v) is 22.8. The van der Waals surface area contributed by atoms with Gasteiger partial charge in [-0.1, -0.05) is 0 Å². The molecule has 3 saturated heterocycles. The van der Waals surface area contributed by atoms with E-state index >= 15 is 0 Å². The fourth-order valence-corrected chi connectivity index (χ4v) is 6.51. The van der Waals surface area contributed by atoms with Crippen molar-refractivity contribution in [2.45, 2.75) is 49.6 Å². The molecule has 2 bridgehead atoms. The molecule has 2 unspecified atom stereocenters. The van der Waals surface area contributed by atoms with E-state index in [9.17, 15) is 24.5 Å². The molecule has 0 aromatic carbocycles. The highest BCUT2D eigenvalue weighted by molar-refractivity contribution is 7.47. The Hall–Kier alpha value is -3.79. The van der Waals surface area contributed by atoms with E-state index in [2.05, 4.69) is 29.9 Å².